The van der Waals surface area contributed by atoms with Gasteiger partial charge in [0.05, 0.1) is 6.10 Å². The first-order chi connectivity index (χ1) is 9.06. The summed E-state index contributed by atoms with van der Waals surface area (Å²) in [4.78, 5) is 0. The van der Waals surface area contributed by atoms with Gasteiger partial charge >= 0.3 is 0 Å². The molecule has 2 rings (SSSR count). The number of hydrogen-bond acceptors (Lipinski definition) is 2. The molecule has 3 heteroatoms. The average molecular weight is 260 g/mol. The highest BCUT2D eigenvalue weighted by Gasteiger charge is 2.09. The van der Waals surface area contributed by atoms with Crippen molar-refractivity contribution in [3.05, 3.63) is 65.0 Å². The smallest absolute Gasteiger partial charge is 0.132 e. The van der Waals surface area contributed by atoms with Crippen molar-refractivity contribution in [3.63, 3.8) is 0 Å². The molecular formula is C16H17FO2. The van der Waals surface area contributed by atoms with Crippen molar-refractivity contribution in [2.75, 3.05) is 0 Å². The van der Waals surface area contributed by atoms with E-state index in [-0.39, 0.29) is 5.56 Å². The summed E-state index contributed by atoms with van der Waals surface area (Å²) in [6.45, 7) is 3.95. The zero-order chi connectivity index (χ0) is 13.8. The van der Waals surface area contributed by atoms with Gasteiger partial charge in [-0.2, -0.15) is 0 Å². The van der Waals surface area contributed by atoms with Crippen LogP contribution in [0.4, 0.5) is 4.39 Å². The highest BCUT2D eigenvalue weighted by atomic mass is 19.1. The van der Waals surface area contributed by atoms with Gasteiger partial charge in [0.1, 0.15) is 18.2 Å². The van der Waals surface area contributed by atoms with Gasteiger partial charge in [0.15, 0.2) is 0 Å². The van der Waals surface area contributed by atoms with E-state index < -0.39 is 11.9 Å². The Morgan fingerprint density at radius 2 is 1.84 bits per heavy atom. The van der Waals surface area contributed by atoms with Gasteiger partial charge in [-0.1, -0.05) is 29.8 Å². The maximum absolute atomic E-state index is 13.6. The van der Waals surface area contributed by atoms with E-state index in [0.717, 1.165) is 5.56 Å². The highest BCUT2D eigenvalue weighted by Crippen LogP contribution is 2.22. The molecule has 19 heavy (non-hydrogen) atoms. The number of halogens is 1. The van der Waals surface area contributed by atoms with Crippen molar-refractivity contribution in [2.45, 2.75) is 26.6 Å². The van der Waals surface area contributed by atoms with Gasteiger partial charge in [-0.25, -0.2) is 4.39 Å². The SMILES string of the molecule is Cc1ccc(COc2ccc(C(C)O)c(F)c2)cc1. The van der Waals surface area contributed by atoms with Gasteiger partial charge in [0.2, 0.25) is 0 Å². The van der Waals surface area contributed by atoms with E-state index in [0.29, 0.717) is 12.4 Å². The minimum Gasteiger partial charge on any atom is -0.489 e. The molecule has 0 aromatic heterocycles. The molecule has 0 saturated heterocycles. The van der Waals surface area contributed by atoms with Crippen molar-refractivity contribution in [3.8, 4) is 5.75 Å². The Kier molecular flexibility index (Phi) is 4.17. The van der Waals surface area contributed by atoms with Crippen molar-refractivity contribution < 1.29 is 14.2 Å². The Morgan fingerprint density at radius 1 is 1.16 bits per heavy atom. The fraction of sp³-hybridized carbons (Fsp3) is 0.250. The maximum Gasteiger partial charge on any atom is 0.132 e. The molecule has 0 amide bonds. The van der Waals surface area contributed by atoms with Gasteiger partial charge < -0.3 is 9.84 Å². The molecule has 1 unspecified atom stereocenters. The van der Waals surface area contributed by atoms with Gasteiger partial charge in [-0.15, -0.1) is 0 Å². The summed E-state index contributed by atoms with van der Waals surface area (Å²) >= 11 is 0. The molecule has 0 bridgehead atoms. The quantitative estimate of drug-likeness (QED) is 0.906. The van der Waals surface area contributed by atoms with Gasteiger partial charge in [-0.05, 0) is 31.5 Å². The predicted octanol–water partition coefficient (Wildman–Crippen LogP) is 3.77. The Morgan fingerprint density at radius 3 is 2.42 bits per heavy atom. The lowest BCUT2D eigenvalue weighted by molar-refractivity contribution is 0.194. The lowest BCUT2D eigenvalue weighted by Crippen LogP contribution is -1.99. The van der Waals surface area contributed by atoms with Crippen LogP contribution in [0.2, 0.25) is 0 Å². The first kappa shape index (κ1) is 13.6. The molecule has 0 spiro atoms. The third-order valence-electron chi connectivity index (χ3n) is 2.95. The second-order valence-corrected chi connectivity index (χ2v) is 4.63. The van der Waals surface area contributed by atoms with Crippen LogP contribution >= 0.6 is 0 Å². The minimum atomic E-state index is -0.814. The summed E-state index contributed by atoms with van der Waals surface area (Å²) in [5.74, 6) is 0.0129. The van der Waals surface area contributed by atoms with E-state index in [2.05, 4.69) is 0 Å². The monoisotopic (exact) mass is 260 g/mol. The molecule has 0 aliphatic heterocycles. The number of ether oxygens (including phenoxy) is 1. The summed E-state index contributed by atoms with van der Waals surface area (Å²) in [5.41, 5.74) is 2.50. The zero-order valence-corrected chi connectivity index (χ0v) is 11.1. The van der Waals surface area contributed by atoms with Gasteiger partial charge in [0.25, 0.3) is 0 Å². The standard InChI is InChI=1S/C16H17FO2/c1-11-3-5-13(6-4-11)10-19-14-7-8-15(12(2)18)16(17)9-14/h3-9,12,18H,10H2,1-2H3. The molecular weight excluding hydrogens is 243 g/mol. The van der Waals surface area contributed by atoms with E-state index in [4.69, 9.17) is 4.74 Å². The number of benzene rings is 2. The molecule has 0 heterocycles. The van der Waals surface area contributed by atoms with E-state index in [9.17, 15) is 9.50 Å². The lowest BCUT2D eigenvalue weighted by Gasteiger charge is -2.10. The third-order valence-corrected chi connectivity index (χ3v) is 2.95. The molecule has 2 aromatic carbocycles. The predicted molar refractivity (Wildman–Crippen MR) is 72.5 cm³/mol. The summed E-state index contributed by atoms with van der Waals surface area (Å²) in [6, 6.07) is 12.5. The average Bonchev–Trinajstić information content (AvgIpc) is 2.37. The Balaban J connectivity index is 2.04. The summed E-state index contributed by atoms with van der Waals surface area (Å²) in [5, 5.41) is 9.35. The molecule has 1 N–H and O–H groups in total. The van der Waals surface area contributed by atoms with Crippen LogP contribution in [0.3, 0.4) is 0 Å². The van der Waals surface area contributed by atoms with Crippen molar-refractivity contribution in [2.24, 2.45) is 0 Å². The minimum absolute atomic E-state index is 0.280. The molecule has 1 atom stereocenters. The first-order valence-electron chi connectivity index (χ1n) is 6.22. The molecule has 0 aliphatic rings. The van der Waals surface area contributed by atoms with Gasteiger partial charge in [-0.3, -0.25) is 0 Å². The highest BCUT2D eigenvalue weighted by molar-refractivity contribution is 5.30. The normalized spacial score (nSPS) is 12.2. The molecule has 0 aliphatic carbocycles. The van der Waals surface area contributed by atoms with Crippen molar-refractivity contribution in [1.82, 2.24) is 0 Å². The van der Waals surface area contributed by atoms with E-state index in [1.165, 1.54) is 18.6 Å². The Bertz CT molecular complexity index is 547. The van der Waals surface area contributed by atoms with Crippen molar-refractivity contribution >= 4 is 0 Å². The molecule has 0 radical (unpaired) electrons. The van der Waals surface area contributed by atoms with E-state index in [1.54, 1.807) is 12.1 Å². The Hall–Kier alpha value is -1.87. The fourth-order valence-corrected chi connectivity index (χ4v) is 1.79. The van der Waals surface area contributed by atoms with Crippen LogP contribution in [0.25, 0.3) is 0 Å². The molecule has 0 saturated carbocycles. The van der Waals surface area contributed by atoms with E-state index >= 15 is 0 Å². The largest absolute Gasteiger partial charge is 0.489 e. The van der Waals surface area contributed by atoms with Crippen LogP contribution in [0.1, 0.15) is 29.7 Å². The second kappa shape index (κ2) is 5.85. The molecule has 0 fully saturated rings. The lowest BCUT2D eigenvalue weighted by atomic mass is 10.1. The van der Waals surface area contributed by atoms with Crippen LogP contribution in [0, 0.1) is 12.7 Å². The second-order valence-electron chi connectivity index (χ2n) is 4.63. The summed E-state index contributed by atoms with van der Waals surface area (Å²) in [7, 11) is 0. The number of hydrogen-bond donors (Lipinski definition) is 1. The van der Waals surface area contributed by atoms with Crippen molar-refractivity contribution in [1.29, 1.82) is 0 Å². The number of aryl methyl sites for hydroxylation is 1. The van der Waals surface area contributed by atoms with E-state index in [1.807, 2.05) is 31.2 Å². The summed E-state index contributed by atoms with van der Waals surface area (Å²) < 4.78 is 19.2. The maximum atomic E-state index is 13.6. The summed E-state index contributed by atoms with van der Waals surface area (Å²) in [6.07, 6.45) is -0.814. The van der Waals surface area contributed by atoms with Crippen LogP contribution in [-0.2, 0) is 6.61 Å². The van der Waals surface area contributed by atoms with Crippen LogP contribution in [0.5, 0.6) is 5.75 Å². The Labute approximate surface area is 112 Å². The number of rotatable bonds is 4. The number of aliphatic hydroxyl groups is 1. The molecule has 2 nitrogen and oxygen atoms in total. The van der Waals surface area contributed by atoms with Crippen LogP contribution in [0.15, 0.2) is 42.5 Å². The first-order valence-corrected chi connectivity index (χ1v) is 6.22. The molecule has 100 valence electrons. The zero-order valence-electron chi connectivity index (χ0n) is 11.1. The fourth-order valence-electron chi connectivity index (χ4n) is 1.79. The molecule has 2 aromatic rings. The number of aliphatic hydroxyl groups excluding tert-OH is 1. The third kappa shape index (κ3) is 3.55. The van der Waals surface area contributed by atoms with Crippen LogP contribution in [-0.4, -0.2) is 5.11 Å². The van der Waals surface area contributed by atoms with Crippen LogP contribution < -0.4 is 4.74 Å². The van der Waals surface area contributed by atoms with Gasteiger partial charge in [0, 0.05) is 11.6 Å². The topological polar surface area (TPSA) is 29.5 Å².